The van der Waals surface area contributed by atoms with Gasteiger partial charge in [-0.2, -0.15) is 0 Å². The fourth-order valence-electron chi connectivity index (χ4n) is 2.57. The molecule has 2 aromatic carbocycles. The van der Waals surface area contributed by atoms with E-state index in [9.17, 15) is 13.9 Å². The maximum Gasteiger partial charge on any atom is 0.303 e. The van der Waals surface area contributed by atoms with Crippen molar-refractivity contribution in [2.45, 2.75) is 31.3 Å². The van der Waals surface area contributed by atoms with Gasteiger partial charge >= 0.3 is 5.92 Å². The summed E-state index contributed by atoms with van der Waals surface area (Å²) in [6, 6.07) is 14.5. The second kappa shape index (κ2) is 9.54. The van der Waals surface area contributed by atoms with Gasteiger partial charge in [-0.3, -0.25) is 0 Å². The van der Waals surface area contributed by atoms with Gasteiger partial charge in [0.2, 0.25) is 0 Å². The number of hydrogen-bond donors (Lipinski definition) is 2. The summed E-state index contributed by atoms with van der Waals surface area (Å²) in [6.45, 7) is 2.11. The van der Waals surface area contributed by atoms with E-state index in [2.05, 4.69) is 13.8 Å². The van der Waals surface area contributed by atoms with Crippen LogP contribution in [-0.4, -0.2) is 47.9 Å². The predicted molar refractivity (Wildman–Crippen MR) is 105 cm³/mol. The molecule has 0 aliphatic rings. The zero-order valence-electron chi connectivity index (χ0n) is 15.9. The van der Waals surface area contributed by atoms with Crippen LogP contribution in [0.4, 0.5) is 8.78 Å². The zero-order valence-corrected chi connectivity index (χ0v) is 16.6. The summed E-state index contributed by atoms with van der Waals surface area (Å²) in [5.41, 5.74) is 1.69. The Morgan fingerprint density at radius 2 is 1.39 bits per heavy atom. The Balaban J connectivity index is 2.05. The van der Waals surface area contributed by atoms with Gasteiger partial charge in [0.25, 0.3) is 0 Å². The molecule has 0 amide bonds. The Labute approximate surface area is 168 Å². The van der Waals surface area contributed by atoms with Crippen molar-refractivity contribution in [2.24, 2.45) is 0 Å². The van der Waals surface area contributed by atoms with Crippen molar-refractivity contribution in [2.75, 3.05) is 25.7 Å². The maximum atomic E-state index is 13.1. The summed E-state index contributed by atoms with van der Waals surface area (Å²) >= 11 is 5.54. The van der Waals surface area contributed by atoms with Gasteiger partial charge in [-0.25, -0.2) is 8.78 Å². The number of halogens is 3. The molecule has 0 aliphatic carbocycles. The summed E-state index contributed by atoms with van der Waals surface area (Å²) < 4.78 is 36.7. The summed E-state index contributed by atoms with van der Waals surface area (Å²) in [7, 11) is 0. The molecule has 7 heteroatoms. The lowest BCUT2D eigenvalue weighted by Crippen LogP contribution is -2.29. The first-order valence-electron chi connectivity index (χ1n) is 8.87. The highest BCUT2D eigenvalue weighted by molar-refractivity contribution is 6.18. The van der Waals surface area contributed by atoms with Crippen molar-refractivity contribution in [3.05, 3.63) is 59.7 Å². The third-order valence-corrected chi connectivity index (χ3v) is 4.81. The van der Waals surface area contributed by atoms with Crippen LogP contribution in [-0.2, 0) is 5.41 Å². The molecular formula is C21H25ClF2O4. The van der Waals surface area contributed by atoms with Gasteiger partial charge in [-0.1, -0.05) is 38.1 Å². The Morgan fingerprint density at radius 3 is 1.82 bits per heavy atom. The summed E-state index contributed by atoms with van der Waals surface area (Å²) in [6.07, 6.45) is -0.712. The summed E-state index contributed by atoms with van der Waals surface area (Å²) in [5, 5.41) is 18.0. The average Bonchev–Trinajstić information content (AvgIpc) is 2.71. The molecular weight excluding hydrogens is 390 g/mol. The van der Waals surface area contributed by atoms with E-state index in [1.165, 1.54) is 0 Å². The van der Waals surface area contributed by atoms with Crippen molar-refractivity contribution in [3.8, 4) is 11.5 Å². The summed E-state index contributed by atoms with van der Waals surface area (Å²) in [5.74, 6) is -2.20. The van der Waals surface area contributed by atoms with Crippen molar-refractivity contribution < 1.29 is 28.5 Å². The molecule has 0 saturated carbocycles. The first kappa shape index (κ1) is 22.4. The van der Waals surface area contributed by atoms with Crippen molar-refractivity contribution >= 4 is 11.6 Å². The molecule has 1 unspecified atom stereocenters. The van der Waals surface area contributed by atoms with Crippen LogP contribution >= 0.6 is 11.6 Å². The van der Waals surface area contributed by atoms with Crippen LogP contribution in [0.15, 0.2) is 48.5 Å². The first-order chi connectivity index (χ1) is 13.2. The molecule has 0 heterocycles. The van der Waals surface area contributed by atoms with Crippen LogP contribution in [0.25, 0.3) is 0 Å². The van der Waals surface area contributed by atoms with Gasteiger partial charge in [0, 0.05) is 5.41 Å². The van der Waals surface area contributed by atoms with Gasteiger partial charge in [-0.05, 0) is 35.4 Å². The SMILES string of the molecule is CC(C)(c1ccc(OCC(O)CCl)cc1)c1ccc(OCC(F)(F)CO)cc1. The molecule has 0 aromatic heterocycles. The molecule has 4 nitrogen and oxygen atoms in total. The molecule has 0 saturated heterocycles. The zero-order chi connectivity index (χ0) is 20.8. The lowest BCUT2D eigenvalue weighted by molar-refractivity contribution is -0.0801. The molecule has 0 radical (unpaired) electrons. The van der Waals surface area contributed by atoms with Gasteiger partial charge in [0.05, 0.1) is 5.88 Å². The maximum absolute atomic E-state index is 13.1. The van der Waals surface area contributed by atoms with Crippen LogP contribution in [0, 0.1) is 0 Å². The number of alkyl halides is 3. The van der Waals surface area contributed by atoms with E-state index >= 15 is 0 Å². The second-order valence-corrected chi connectivity index (χ2v) is 7.40. The van der Waals surface area contributed by atoms with E-state index in [0.717, 1.165) is 11.1 Å². The molecule has 1 atom stereocenters. The number of benzene rings is 2. The molecule has 154 valence electrons. The molecule has 28 heavy (non-hydrogen) atoms. The molecule has 2 N–H and O–H groups in total. The molecule has 2 aromatic rings. The predicted octanol–water partition coefficient (Wildman–Crippen LogP) is 4.00. The van der Waals surface area contributed by atoms with E-state index in [4.69, 9.17) is 26.2 Å². The minimum Gasteiger partial charge on any atom is -0.491 e. The van der Waals surface area contributed by atoms with Crippen molar-refractivity contribution in [3.63, 3.8) is 0 Å². The van der Waals surface area contributed by atoms with E-state index in [1.807, 2.05) is 36.4 Å². The molecule has 0 fully saturated rings. The number of aliphatic hydroxyl groups excluding tert-OH is 2. The fraction of sp³-hybridized carbons (Fsp3) is 0.429. The highest BCUT2D eigenvalue weighted by atomic mass is 35.5. The summed E-state index contributed by atoms with van der Waals surface area (Å²) in [4.78, 5) is 0. The monoisotopic (exact) mass is 414 g/mol. The molecule has 0 spiro atoms. The Bertz CT molecular complexity index is 733. The Hall–Kier alpha value is -1.89. The third kappa shape index (κ3) is 6.06. The second-order valence-electron chi connectivity index (χ2n) is 7.10. The van der Waals surface area contributed by atoms with E-state index in [-0.39, 0.29) is 17.9 Å². The molecule has 0 bridgehead atoms. The van der Waals surface area contributed by atoms with Gasteiger partial charge in [0.15, 0.2) is 6.61 Å². The van der Waals surface area contributed by atoms with Crippen molar-refractivity contribution in [1.29, 1.82) is 0 Å². The first-order valence-corrected chi connectivity index (χ1v) is 9.41. The van der Waals surface area contributed by atoms with Crippen molar-refractivity contribution in [1.82, 2.24) is 0 Å². The highest BCUT2D eigenvalue weighted by Gasteiger charge is 2.29. The van der Waals surface area contributed by atoms with E-state index in [1.54, 1.807) is 12.1 Å². The average molecular weight is 415 g/mol. The normalized spacial score (nSPS) is 13.2. The number of hydrogen-bond acceptors (Lipinski definition) is 4. The van der Waals surface area contributed by atoms with Crippen LogP contribution < -0.4 is 9.47 Å². The van der Waals surface area contributed by atoms with Crippen LogP contribution in [0.1, 0.15) is 25.0 Å². The molecule has 0 aliphatic heterocycles. The fourth-order valence-corrected chi connectivity index (χ4v) is 2.66. The van der Waals surface area contributed by atoms with Gasteiger partial charge in [-0.15, -0.1) is 11.6 Å². The minimum absolute atomic E-state index is 0.114. The number of aliphatic hydroxyl groups is 2. The van der Waals surface area contributed by atoms with Crippen LogP contribution in [0.2, 0.25) is 0 Å². The van der Waals surface area contributed by atoms with Crippen LogP contribution in [0.3, 0.4) is 0 Å². The smallest absolute Gasteiger partial charge is 0.303 e. The largest absolute Gasteiger partial charge is 0.491 e. The highest BCUT2D eigenvalue weighted by Crippen LogP contribution is 2.33. The van der Waals surface area contributed by atoms with Gasteiger partial charge in [0.1, 0.15) is 30.8 Å². The van der Waals surface area contributed by atoms with E-state index < -0.39 is 25.2 Å². The lowest BCUT2D eigenvalue weighted by Gasteiger charge is -2.26. The number of rotatable bonds is 10. The lowest BCUT2D eigenvalue weighted by atomic mass is 9.78. The quantitative estimate of drug-likeness (QED) is 0.577. The third-order valence-electron chi connectivity index (χ3n) is 4.45. The Kier molecular flexibility index (Phi) is 7.63. The van der Waals surface area contributed by atoms with Gasteiger partial charge < -0.3 is 19.7 Å². The topological polar surface area (TPSA) is 58.9 Å². The van der Waals surface area contributed by atoms with Crippen LogP contribution in [0.5, 0.6) is 11.5 Å². The standard InChI is InChI=1S/C21H25ClF2O4/c1-20(2,15-3-7-18(8-4-15)27-12-17(26)11-22)16-5-9-19(10-6-16)28-14-21(23,24)13-25/h3-10,17,25-26H,11-14H2,1-2H3. The number of ether oxygens (including phenoxy) is 2. The minimum atomic E-state index is -3.26. The molecule has 2 rings (SSSR count). The Morgan fingerprint density at radius 1 is 0.929 bits per heavy atom. The van der Waals surface area contributed by atoms with E-state index in [0.29, 0.717) is 11.5 Å².